The second kappa shape index (κ2) is 12.1. The quantitative estimate of drug-likeness (QED) is 0.354. The molecule has 0 spiro atoms. The third-order valence-electron chi connectivity index (χ3n) is 4.85. The van der Waals surface area contributed by atoms with Crippen LogP contribution >= 0.6 is 11.3 Å². The zero-order valence-electron chi connectivity index (χ0n) is 20.5. The number of esters is 2. The SMILES string of the molecule is CC(C)CC(NC(Cc1csc(-c2ccccc2)n1)C(=O)OC(C)OC(=O)C(C)(C)C)C(=O)O. The Balaban J connectivity index is 2.20. The molecule has 2 rings (SSSR count). The highest BCUT2D eigenvalue weighted by atomic mass is 32.1. The molecule has 0 fully saturated rings. The summed E-state index contributed by atoms with van der Waals surface area (Å²) in [5, 5.41) is 15.2. The first-order chi connectivity index (χ1) is 15.9. The van der Waals surface area contributed by atoms with Crippen LogP contribution in [0.2, 0.25) is 0 Å². The van der Waals surface area contributed by atoms with Crippen LogP contribution in [0.25, 0.3) is 10.6 Å². The van der Waals surface area contributed by atoms with Gasteiger partial charge in [0.1, 0.15) is 17.1 Å². The van der Waals surface area contributed by atoms with E-state index in [4.69, 9.17) is 9.47 Å². The molecular weight excluding hydrogens is 456 g/mol. The minimum absolute atomic E-state index is 0.0980. The monoisotopic (exact) mass is 490 g/mol. The number of rotatable bonds is 11. The van der Waals surface area contributed by atoms with E-state index in [-0.39, 0.29) is 12.3 Å². The molecule has 0 saturated carbocycles. The van der Waals surface area contributed by atoms with Gasteiger partial charge in [0.2, 0.25) is 6.29 Å². The van der Waals surface area contributed by atoms with Crippen molar-refractivity contribution >= 4 is 29.2 Å². The summed E-state index contributed by atoms with van der Waals surface area (Å²) in [6.45, 7) is 10.4. The molecule has 0 bridgehead atoms. The van der Waals surface area contributed by atoms with Gasteiger partial charge in [-0.25, -0.2) is 4.98 Å². The fraction of sp³-hybridized carbons (Fsp3) is 0.520. The predicted octanol–water partition coefficient (Wildman–Crippen LogP) is 4.29. The lowest BCUT2D eigenvalue weighted by Gasteiger charge is -2.25. The Morgan fingerprint density at radius 2 is 1.71 bits per heavy atom. The molecule has 0 aliphatic rings. The summed E-state index contributed by atoms with van der Waals surface area (Å²) in [4.78, 5) is 41.6. The highest BCUT2D eigenvalue weighted by Gasteiger charge is 2.31. The van der Waals surface area contributed by atoms with Crippen LogP contribution in [-0.2, 0) is 30.3 Å². The van der Waals surface area contributed by atoms with E-state index in [2.05, 4.69) is 10.3 Å². The zero-order valence-corrected chi connectivity index (χ0v) is 21.3. The number of aliphatic carboxylic acids is 1. The van der Waals surface area contributed by atoms with Crippen molar-refractivity contribution in [2.45, 2.75) is 72.8 Å². The largest absolute Gasteiger partial charge is 0.480 e. The lowest BCUT2D eigenvalue weighted by Crippen LogP contribution is -2.50. The van der Waals surface area contributed by atoms with E-state index in [1.165, 1.54) is 18.3 Å². The molecule has 3 unspecified atom stereocenters. The van der Waals surface area contributed by atoms with Crippen molar-refractivity contribution in [2.75, 3.05) is 0 Å². The Kier molecular flexibility index (Phi) is 9.76. The second-order valence-corrected chi connectivity index (χ2v) is 10.5. The number of nitrogens with one attached hydrogen (secondary N) is 1. The number of thiazole rings is 1. The predicted molar refractivity (Wildman–Crippen MR) is 130 cm³/mol. The number of nitrogens with zero attached hydrogens (tertiary/aromatic N) is 1. The first-order valence-corrected chi connectivity index (χ1v) is 12.1. The molecule has 1 heterocycles. The molecule has 0 saturated heterocycles. The highest BCUT2D eigenvalue weighted by Crippen LogP contribution is 2.24. The standard InChI is InChI=1S/C25H34N2O6S/c1-15(2)12-19(22(28)29)27-20(23(30)32-16(3)33-24(31)25(4,5)6)13-18-14-34-21(26-18)17-10-8-7-9-11-17/h7-11,14-16,19-20,27H,12-13H2,1-6H3,(H,28,29). The van der Waals surface area contributed by atoms with Crippen LogP contribution in [0.1, 0.15) is 53.7 Å². The Labute approximate surface area is 204 Å². The van der Waals surface area contributed by atoms with Crippen LogP contribution in [0.4, 0.5) is 0 Å². The lowest BCUT2D eigenvalue weighted by atomic mass is 9.97. The molecule has 3 atom stereocenters. The van der Waals surface area contributed by atoms with E-state index in [9.17, 15) is 19.5 Å². The minimum Gasteiger partial charge on any atom is -0.480 e. The molecule has 9 heteroatoms. The molecule has 1 aromatic heterocycles. The minimum atomic E-state index is -1.12. The van der Waals surface area contributed by atoms with Gasteiger partial charge in [-0.05, 0) is 33.1 Å². The lowest BCUT2D eigenvalue weighted by molar-refractivity contribution is -0.191. The van der Waals surface area contributed by atoms with Gasteiger partial charge in [-0.3, -0.25) is 19.7 Å². The van der Waals surface area contributed by atoms with E-state index in [0.717, 1.165) is 10.6 Å². The van der Waals surface area contributed by atoms with Crippen LogP contribution in [0, 0.1) is 11.3 Å². The van der Waals surface area contributed by atoms with Crippen molar-refractivity contribution in [1.29, 1.82) is 0 Å². The molecular formula is C25H34N2O6S. The Hall–Kier alpha value is -2.78. The number of hydrogen-bond donors (Lipinski definition) is 2. The summed E-state index contributed by atoms with van der Waals surface area (Å²) in [5.74, 6) is -2.17. The molecule has 0 aliphatic carbocycles. The number of aromatic nitrogens is 1. The van der Waals surface area contributed by atoms with E-state index >= 15 is 0 Å². The summed E-state index contributed by atoms with van der Waals surface area (Å²) < 4.78 is 10.6. The van der Waals surface area contributed by atoms with E-state index in [1.54, 1.807) is 20.8 Å². The Morgan fingerprint density at radius 1 is 1.06 bits per heavy atom. The molecule has 34 heavy (non-hydrogen) atoms. The Bertz CT molecular complexity index is 967. The zero-order chi connectivity index (χ0) is 25.5. The first-order valence-electron chi connectivity index (χ1n) is 11.3. The molecule has 2 N–H and O–H groups in total. The molecule has 8 nitrogen and oxygen atoms in total. The fourth-order valence-electron chi connectivity index (χ4n) is 3.09. The average Bonchev–Trinajstić information content (AvgIpc) is 3.20. The molecule has 2 aromatic rings. The van der Waals surface area contributed by atoms with Crippen LogP contribution in [0.5, 0.6) is 0 Å². The van der Waals surface area contributed by atoms with Gasteiger partial charge in [0, 0.05) is 24.3 Å². The van der Waals surface area contributed by atoms with E-state index < -0.39 is 41.7 Å². The summed E-state index contributed by atoms with van der Waals surface area (Å²) in [6, 6.07) is 7.71. The van der Waals surface area contributed by atoms with Crippen molar-refractivity contribution in [1.82, 2.24) is 10.3 Å². The summed E-state index contributed by atoms with van der Waals surface area (Å²) >= 11 is 1.44. The molecule has 0 radical (unpaired) electrons. The normalized spacial score (nSPS) is 14.3. The number of hydrogen-bond acceptors (Lipinski definition) is 8. The van der Waals surface area contributed by atoms with Gasteiger partial charge in [0.05, 0.1) is 11.1 Å². The van der Waals surface area contributed by atoms with Gasteiger partial charge in [0.25, 0.3) is 0 Å². The number of carbonyl (C=O) groups excluding carboxylic acids is 2. The highest BCUT2D eigenvalue weighted by molar-refractivity contribution is 7.13. The smallest absolute Gasteiger partial charge is 0.326 e. The molecule has 0 aliphatic heterocycles. The van der Waals surface area contributed by atoms with E-state index in [1.807, 2.05) is 49.6 Å². The van der Waals surface area contributed by atoms with Crippen molar-refractivity contribution in [3.8, 4) is 10.6 Å². The van der Waals surface area contributed by atoms with E-state index in [0.29, 0.717) is 12.1 Å². The fourth-order valence-corrected chi connectivity index (χ4v) is 3.92. The number of carboxylic acid groups (broad SMARTS) is 1. The van der Waals surface area contributed by atoms with Crippen LogP contribution in [0.3, 0.4) is 0 Å². The van der Waals surface area contributed by atoms with Crippen LogP contribution < -0.4 is 5.32 Å². The van der Waals surface area contributed by atoms with Crippen molar-refractivity contribution in [3.05, 3.63) is 41.4 Å². The van der Waals surface area contributed by atoms with Gasteiger partial charge in [-0.2, -0.15) is 0 Å². The topological polar surface area (TPSA) is 115 Å². The van der Waals surface area contributed by atoms with Gasteiger partial charge in [0.15, 0.2) is 0 Å². The molecule has 186 valence electrons. The average molecular weight is 491 g/mol. The van der Waals surface area contributed by atoms with Crippen molar-refractivity contribution < 1.29 is 29.0 Å². The van der Waals surface area contributed by atoms with Gasteiger partial charge < -0.3 is 14.6 Å². The number of carbonyl (C=O) groups is 3. The van der Waals surface area contributed by atoms with Crippen molar-refractivity contribution in [3.63, 3.8) is 0 Å². The summed E-state index contributed by atoms with van der Waals surface area (Å²) in [5.41, 5.74) is 0.835. The number of ether oxygens (including phenoxy) is 2. The molecule has 1 aromatic carbocycles. The maximum Gasteiger partial charge on any atom is 0.326 e. The van der Waals surface area contributed by atoms with Gasteiger partial charge in [-0.1, -0.05) is 44.2 Å². The number of benzene rings is 1. The maximum absolute atomic E-state index is 13.0. The third kappa shape index (κ3) is 8.53. The Morgan fingerprint density at radius 3 is 2.26 bits per heavy atom. The third-order valence-corrected chi connectivity index (χ3v) is 5.79. The van der Waals surface area contributed by atoms with Gasteiger partial charge in [-0.15, -0.1) is 11.3 Å². The van der Waals surface area contributed by atoms with Crippen LogP contribution in [-0.4, -0.2) is 46.4 Å². The summed E-state index contributed by atoms with van der Waals surface area (Å²) in [6.07, 6.45) is -0.656. The first kappa shape index (κ1) is 27.5. The number of carboxylic acids is 1. The van der Waals surface area contributed by atoms with Crippen LogP contribution in [0.15, 0.2) is 35.7 Å². The van der Waals surface area contributed by atoms with Gasteiger partial charge >= 0.3 is 17.9 Å². The van der Waals surface area contributed by atoms with Crippen molar-refractivity contribution in [2.24, 2.45) is 11.3 Å². The summed E-state index contributed by atoms with van der Waals surface area (Å²) in [7, 11) is 0. The molecule has 0 amide bonds. The second-order valence-electron chi connectivity index (χ2n) is 9.61. The maximum atomic E-state index is 13.0.